The van der Waals surface area contributed by atoms with E-state index < -0.39 is 16.9 Å². The molecule has 0 N–H and O–H groups in total. The van der Waals surface area contributed by atoms with E-state index in [1.807, 2.05) is 17.5 Å². The molecule has 3 heterocycles. The highest BCUT2D eigenvalue weighted by molar-refractivity contribution is 7.80. The first-order valence-electron chi connectivity index (χ1n) is 7.45. The smallest absolute Gasteiger partial charge is 0.261 e. The zero-order valence-corrected chi connectivity index (χ0v) is 15.0. The maximum atomic E-state index is 13.9. The van der Waals surface area contributed by atoms with Crippen LogP contribution >= 0.6 is 24.0 Å². The molecule has 0 saturated carbocycles. The summed E-state index contributed by atoms with van der Waals surface area (Å²) in [7, 11) is 1.81. The summed E-state index contributed by atoms with van der Waals surface area (Å²) in [5.41, 5.74) is -0.110. The predicted molar refractivity (Wildman–Crippen MR) is 94.8 cm³/mol. The molecule has 0 aliphatic rings. The summed E-state index contributed by atoms with van der Waals surface area (Å²) in [6.45, 7) is 0. The van der Waals surface area contributed by atoms with Crippen LogP contribution in [0, 0.1) is 11.6 Å². The lowest BCUT2D eigenvalue weighted by molar-refractivity contribution is 0.420. The Kier molecular flexibility index (Phi) is 4.29. The summed E-state index contributed by atoms with van der Waals surface area (Å²) in [5.74, 6) is -0.0110. The summed E-state index contributed by atoms with van der Waals surface area (Å²) in [4.78, 5) is 5.09. The van der Waals surface area contributed by atoms with E-state index in [-0.39, 0.29) is 17.3 Å². The molecule has 6 nitrogen and oxygen atoms in total. The Morgan fingerprint density at radius 3 is 2.85 bits per heavy atom. The van der Waals surface area contributed by atoms with Crippen LogP contribution in [-0.4, -0.2) is 24.9 Å². The van der Waals surface area contributed by atoms with Gasteiger partial charge in [0.1, 0.15) is 16.9 Å². The first kappa shape index (κ1) is 16.9. The molecule has 0 aliphatic heterocycles. The van der Waals surface area contributed by atoms with Crippen molar-refractivity contribution in [3.63, 3.8) is 0 Å². The average molecular weight is 391 g/mol. The van der Waals surface area contributed by atoms with E-state index in [2.05, 4.69) is 33.0 Å². The number of benzene rings is 1. The van der Waals surface area contributed by atoms with Crippen LogP contribution in [0.1, 0.15) is 16.9 Å². The zero-order chi connectivity index (χ0) is 18.3. The van der Waals surface area contributed by atoms with Gasteiger partial charge in [-0.25, -0.2) is 8.78 Å². The highest BCUT2D eigenvalue weighted by atomic mass is 32.1. The number of thiol groups is 1. The van der Waals surface area contributed by atoms with E-state index in [1.54, 1.807) is 23.0 Å². The van der Waals surface area contributed by atoms with E-state index in [9.17, 15) is 8.78 Å². The second kappa shape index (κ2) is 6.61. The van der Waals surface area contributed by atoms with Crippen LogP contribution in [-0.2, 0) is 7.05 Å². The fourth-order valence-electron chi connectivity index (χ4n) is 2.43. The molecule has 4 rings (SSSR count). The molecule has 26 heavy (non-hydrogen) atoms. The van der Waals surface area contributed by atoms with E-state index in [1.165, 1.54) is 0 Å². The second-order valence-corrected chi connectivity index (χ2v) is 6.87. The molecule has 4 aromatic rings. The number of thiophene rings is 1. The van der Waals surface area contributed by atoms with Crippen molar-refractivity contribution in [2.45, 2.75) is 5.25 Å². The standard InChI is InChI=1S/C16H11F2N5OS2/c1-23-14(11-3-2-6-26-11)20-21-15(23)12(25)13-19-16(24-22-13)9-7-8(17)4-5-10(9)18/h2-7,12,25H,1H3. The maximum absolute atomic E-state index is 13.9. The number of nitrogens with zero attached hydrogens (tertiary/aromatic N) is 5. The van der Waals surface area contributed by atoms with Gasteiger partial charge >= 0.3 is 0 Å². The number of halogens is 2. The fraction of sp³-hybridized carbons (Fsp3) is 0.125. The molecule has 3 aromatic heterocycles. The van der Waals surface area contributed by atoms with Gasteiger partial charge in [-0.3, -0.25) is 0 Å². The van der Waals surface area contributed by atoms with Gasteiger partial charge in [0.15, 0.2) is 17.5 Å². The minimum absolute atomic E-state index is 0.110. The average Bonchev–Trinajstić information content (AvgIpc) is 3.36. The Morgan fingerprint density at radius 1 is 1.23 bits per heavy atom. The Labute approximate surface area is 155 Å². The SMILES string of the molecule is Cn1c(-c2cccs2)nnc1C(S)c1noc(-c2cc(F)ccc2F)n1. The number of rotatable bonds is 4. The van der Waals surface area contributed by atoms with Gasteiger partial charge in [-0.1, -0.05) is 11.2 Å². The molecule has 1 aromatic carbocycles. The molecule has 0 fully saturated rings. The molecule has 132 valence electrons. The lowest BCUT2D eigenvalue weighted by Gasteiger charge is -2.06. The zero-order valence-electron chi connectivity index (χ0n) is 13.3. The Morgan fingerprint density at radius 2 is 2.08 bits per heavy atom. The van der Waals surface area contributed by atoms with E-state index in [4.69, 9.17) is 4.52 Å². The largest absolute Gasteiger partial charge is 0.334 e. The normalized spacial score (nSPS) is 12.5. The lowest BCUT2D eigenvalue weighted by atomic mass is 10.2. The molecular weight excluding hydrogens is 380 g/mol. The number of hydrogen-bond acceptors (Lipinski definition) is 7. The van der Waals surface area contributed by atoms with Crippen molar-refractivity contribution in [3.05, 3.63) is 59.0 Å². The number of aromatic nitrogens is 5. The molecule has 1 atom stereocenters. The highest BCUT2D eigenvalue weighted by Crippen LogP contribution is 2.31. The van der Waals surface area contributed by atoms with Crippen LogP contribution in [0.5, 0.6) is 0 Å². The minimum Gasteiger partial charge on any atom is -0.334 e. The molecule has 0 radical (unpaired) electrons. The van der Waals surface area contributed by atoms with Crippen LogP contribution in [0.4, 0.5) is 8.78 Å². The molecule has 0 bridgehead atoms. The molecular formula is C16H11F2N5OS2. The van der Waals surface area contributed by atoms with E-state index in [0.29, 0.717) is 11.6 Å². The molecule has 0 aliphatic carbocycles. The Hall–Kier alpha value is -2.59. The summed E-state index contributed by atoms with van der Waals surface area (Å²) in [6, 6.07) is 6.87. The van der Waals surface area contributed by atoms with Gasteiger partial charge in [0.25, 0.3) is 5.89 Å². The van der Waals surface area contributed by atoms with Crippen molar-refractivity contribution in [2.24, 2.45) is 7.05 Å². The minimum atomic E-state index is -0.657. The Bertz CT molecular complexity index is 1060. The Balaban J connectivity index is 1.67. The summed E-state index contributed by atoms with van der Waals surface area (Å²) in [6.07, 6.45) is 0. The summed E-state index contributed by atoms with van der Waals surface area (Å²) >= 11 is 6.03. The van der Waals surface area contributed by atoms with Gasteiger partial charge in [-0.15, -0.1) is 21.5 Å². The van der Waals surface area contributed by atoms with Gasteiger partial charge in [-0.2, -0.15) is 17.6 Å². The third-order valence-electron chi connectivity index (χ3n) is 3.74. The summed E-state index contributed by atoms with van der Waals surface area (Å²) < 4.78 is 34.1. The number of hydrogen-bond donors (Lipinski definition) is 1. The molecule has 0 amide bonds. The predicted octanol–water partition coefficient (Wildman–Crippen LogP) is 3.89. The molecule has 10 heteroatoms. The van der Waals surface area contributed by atoms with Crippen molar-refractivity contribution in [1.29, 1.82) is 0 Å². The molecule has 0 saturated heterocycles. The van der Waals surface area contributed by atoms with Gasteiger partial charge in [-0.05, 0) is 29.6 Å². The molecule has 1 unspecified atom stereocenters. The van der Waals surface area contributed by atoms with Gasteiger partial charge in [0.05, 0.1) is 10.4 Å². The van der Waals surface area contributed by atoms with Gasteiger partial charge in [0, 0.05) is 7.05 Å². The van der Waals surface area contributed by atoms with Crippen molar-refractivity contribution >= 4 is 24.0 Å². The second-order valence-electron chi connectivity index (χ2n) is 5.40. The van der Waals surface area contributed by atoms with Crippen LogP contribution in [0.15, 0.2) is 40.2 Å². The van der Waals surface area contributed by atoms with Crippen molar-refractivity contribution < 1.29 is 13.3 Å². The van der Waals surface area contributed by atoms with Crippen LogP contribution in [0.3, 0.4) is 0 Å². The monoisotopic (exact) mass is 391 g/mol. The van der Waals surface area contributed by atoms with Gasteiger partial charge in [0.2, 0.25) is 0 Å². The van der Waals surface area contributed by atoms with Gasteiger partial charge < -0.3 is 9.09 Å². The summed E-state index contributed by atoms with van der Waals surface area (Å²) in [5, 5.41) is 13.4. The van der Waals surface area contributed by atoms with Crippen LogP contribution < -0.4 is 0 Å². The quantitative estimate of drug-likeness (QED) is 0.535. The van der Waals surface area contributed by atoms with Crippen LogP contribution in [0.25, 0.3) is 22.2 Å². The third-order valence-corrected chi connectivity index (χ3v) is 5.07. The highest BCUT2D eigenvalue weighted by Gasteiger charge is 2.25. The van der Waals surface area contributed by atoms with Crippen LogP contribution in [0.2, 0.25) is 0 Å². The topological polar surface area (TPSA) is 69.6 Å². The first-order chi connectivity index (χ1) is 12.5. The first-order valence-corrected chi connectivity index (χ1v) is 8.84. The maximum Gasteiger partial charge on any atom is 0.261 e. The van der Waals surface area contributed by atoms with E-state index >= 15 is 0 Å². The van der Waals surface area contributed by atoms with Crippen molar-refractivity contribution in [1.82, 2.24) is 24.9 Å². The lowest BCUT2D eigenvalue weighted by Crippen LogP contribution is -2.05. The van der Waals surface area contributed by atoms with E-state index in [0.717, 1.165) is 23.1 Å². The van der Waals surface area contributed by atoms with Crippen molar-refractivity contribution in [2.75, 3.05) is 0 Å². The van der Waals surface area contributed by atoms with Crippen molar-refractivity contribution in [3.8, 4) is 22.2 Å². The third kappa shape index (κ3) is 2.90. The fourth-order valence-corrected chi connectivity index (χ4v) is 3.51. The molecule has 0 spiro atoms.